The van der Waals surface area contributed by atoms with E-state index in [1.807, 2.05) is 36.4 Å². The second-order valence-corrected chi connectivity index (χ2v) is 7.15. The van der Waals surface area contributed by atoms with Gasteiger partial charge in [-0.15, -0.1) is 0 Å². The fraction of sp³-hybridized carbons (Fsp3) is 0.250. The number of benzene rings is 2. The smallest absolute Gasteiger partial charge is 0.321 e. The van der Waals surface area contributed by atoms with Crippen LogP contribution in [0.15, 0.2) is 53.1 Å². The fourth-order valence-electron chi connectivity index (χ4n) is 2.84. The molecule has 0 bridgehead atoms. The number of halogens is 2. The van der Waals surface area contributed by atoms with Gasteiger partial charge in [-0.05, 0) is 41.8 Å². The standard InChI is InChI=1S/C20H19Cl2N3O2/c1-23-20-24-19(25-27-20)15(10-13-2-6-16(21)7-3-13)12-18(26)11-14-4-8-17(22)9-5-14/h2-9,15H,10-12H2,1H3,(H,23,24,25)/t15-/m1/s1. The predicted molar refractivity (Wildman–Crippen MR) is 107 cm³/mol. The highest BCUT2D eigenvalue weighted by Crippen LogP contribution is 2.25. The molecule has 0 aliphatic carbocycles. The van der Waals surface area contributed by atoms with E-state index in [0.29, 0.717) is 41.1 Å². The Morgan fingerprint density at radius 2 is 1.63 bits per heavy atom. The van der Waals surface area contributed by atoms with Crippen LogP contribution in [-0.4, -0.2) is 23.0 Å². The van der Waals surface area contributed by atoms with Gasteiger partial charge in [0.25, 0.3) is 0 Å². The number of nitrogens with one attached hydrogen (secondary N) is 1. The molecule has 0 spiro atoms. The van der Waals surface area contributed by atoms with Crippen molar-refractivity contribution < 1.29 is 9.32 Å². The first kappa shape index (κ1) is 19.4. The molecule has 0 radical (unpaired) electrons. The lowest BCUT2D eigenvalue weighted by Gasteiger charge is -2.13. The third kappa shape index (κ3) is 5.55. The maximum absolute atomic E-state index is 12.6. The van der Waals surface area contributed by atoms with E-state index in [0.717, 1.165) is 11.1 Å². The Morgan fingerprint density at radius 1 is 1.04 bits per heavy atom. The minimum atomic E-state index is -0.183. The monoisotopic (exact) mass is 403 g/mol. The van der Waals surface area contributed by atoms with Crippen LogP contribution in [0.1, 0.15) is 29.3 Å². The molecule has 0 saturated heterocycles. The zero-order chi connectivity index (χ0) is 19.2. The van der Waals surface area contributed by atoms with Gasteiger partial charge in [0.2, 0.25) is 0 Å². The SMILES string of the molecule is CNc1nc([C@@H](CC(=O)Cc2ccc(Cl)cc2)Cc2ccc(Cl)cc2)no1. The Hall–Kier alpha value is -2.37. The number of Topliss-reactive ketones (excluding diaryl/α,β-unsaturated/α-hetero) is 1. The van der Waals surface area contributed by atoms with Crippen molar-refractivity contribution in [3.8, 4) is 0 Å². The van der Waals surface area contributed by atoms with Gasteiger partial charge in [-0.1, -0.05) is 52.6 Å². The van der Waals surface area contributed by atoms with Gasteiger partial charge in [0.05, 0.1) is 0 Å². The molecule has 140 valence electrons. The highest BCUT2D eigenvalue weighted by atomic mass is 35.5. The molecule has 0 aliphatic heterocycles. The van der Waals surface area contributed by atoms with Crippen LogP contribution in [0.4, 0.5) is 6.01 Å². The third-order valence-electron chi connectivity index (χ3n) is 4.20. The molecule has 5 nitrogen and oxygen atoms in total. The van der Waals surface area contributed by atoms with Crippen LogP contribution in [0.25, 0.3) is 0 Å². The van der Waals surface area contributed by atoms with Crippen molar-refractivity contribution in [1.29, 1.82) is 0 Å². The van der Waals surface area contributed by atoms with Gasteiger partial charge < -0.3 is 9.84 Å². The van der Waals surface area contributed by atoms with Crippen molar-refractivity contribution in [3.05, 3.63) is 75.5 Å². The van der Waals surface area contributed by atoms with E-state index in [9.17, 15) is 4.79 Å². The lowest BCUT2D eigenvalue weighted by molar-refractivity contribution is -0.118. The Kier molecular flexibility index (Phi) is 6.48. The average molecular weight is 404 g/mol. The summed E-state index contributed by atoms with van der Waals surface area (Å²) >= 11 is 11.9. The van der Waals surface area contributed by atoms with Crippen LogP contribution in [0, 0.1) is 0 Å². The Labute approximate surface area is 167 Å². The zero-order valence-corrected chi connectivity index (χ0v) is 16.3. The lowest BCUT2D eigenvalue weighted by atomic mass is 9.91. The first-order valence-corrected chi connectivity index (χ1v) is 9.31. The van der Waals surface area contributed by atoms with Gasteiger partial charge in [-0.25, -0.2) is 0 Å². The summed E-state index contributed by atoms with van der Waals surface area (Å²) in [6.45, 7) is 0. The van der Waals surface area contributed by atoms with Gasteiger partial charge in [-0.2, -0.15) is 4.98 Å². The number of rotatable bonds is 8. The number of ketones is 1. The van der Waals surface area contributed by atoms with Crippen molar-refractivity contribution >= 4 is 35.0 Å². The van der Waals surface area contributed by atoms with Crippen molar-refractivity contribution in [2.24, 2.45) is 0 Å². The van der Waals surface area contributed by atoms with Crippen molar-refractivity contribution in [1.82, 2.24) is 10.1 Å². The van der Waals surface area contributed by atoms with Crippen LogP contribution in [0.5, 0.6) is 0 Å². The van der Waals surface area contributed by atoms with Gasteiger partial charge in [0.15, 0.2) is 5.82 Å². The van der Waals surface area contributed by atoms with Gasteiger partial charge in [0, 0.05) is 35.9 Å². The minimum absolute atomic E-state index is 0.104. The van der Waals surface area contributed by atoms with Gasteiger partial charge in [-0.3, -0.25) is 4.79 Å². The van der Waals surface area contributed by atoms with Crippen molar-refractivity contribution in [2.45, 2.75) is 25.2 Å². The van der Waals surface area contributed by atoms with Crippen LogP contribution in [-0.2, 0) is 17.6 Å². The van der Waals surface area contributed by atoms with E-state index in [-0.39, 0.29) is 11.7 Å². The number of hydrogen-bond donors (Lipinski definition) is 1. The summed E-state index contributed by atoms with van der Waals surface area (Å²) in [7, 11) is 1.71. The second-order valence-electron chi connectivity index (χ2n) is 6.28. The summed E-state index contributed by atoms with van der Waals surface area (Å²) in [5, 5.41) is 8.17. The van der Waals surface area contributed by atoms with Crippen molar-refractivity contribution in [3.63, 3.8) is 0 Å². The first-order chi connectivity index (χ1) is 13.0. The Morgan fingerprint density at radius 3 is 2.19 bits per heavy atom. The molecular formula is C20H19Cl2N3O2. The Bertz CT molecular complexity index is 892. The van der Waals surface area contributed by atoms with Gasteiger partial charge >= 0.3 is 6.01 Å². The van der Waals surface area contributed by atoms with Crippen LogP contribution in [0.3, 0.4) is 0 Å². The first-order valence-electron chi connectivity index (χ1n) is 8.55. The highest BCUT2D eigenvalue weighted by Gasteiger charge is 2.22. The molecule has 1 N–H and O–H groups in total. The van der Waals surface area contributed by atoms with E-state index in [2.05, 4.69) is 15.5 Å². The maximum Gasteiger partial charge on any atom is 0.321 e. The minimum Gasteiger partial charge on any atom is -0.341 e. The third-order valence-corrected chi connectivity index (χ3v) is 4.71. The molecule has 2 aromatic carbocycles. The fourth-order valence-corrected chi connectivity index (χ4v) is 3.09. The molecule has 3 rings (SSSR count). The predicted octanol–water partition coefficient (Wildman–Crippen LogP) is 4.95. The molecule has 1 heterocycles. The molecule has 0 fully saturated rings. The summed E-state index contributed by atoms with van der Waals surface area (Å²) in [5.74, 6) is 0.433. The lowest BCUT2D eigenvalue weighted by Crippen LogP contribution is -2.13. The van der Waals surface area contributed by atoms with E-state index >= 15 is 0 Å². The van der Waals surface area contributed by atoms with Gasteiger partial charge in [0.1, 0.15) is 5.78 Å². The number of carbonyl (C=O) groups is 1. The molecular weight excluding hydrogens is 385 g/mol. The number of anilines is 1. The molecule has 0 amide bonds. The summed E-state index contributed by atoms with van der Waals surface area (Å²) in [6.07, 6.45) is 1.27. The normalized spacial score (nSPS) is 12.0. The largest absolute Gasteiger partial charge is 0.341 e. The number of nitrogens with zero attached hydrogens (tertiary/aromatic N) is 2. The van der Waals surface area contributed by atoms with E-state index < -0.39 is 0 Å². The number of hydrogen-bond acceptors (Lipinski definition) is 5. The summed E-state index contributed by atoms with van der Waals surface area (Å²) in [5.41, 5.74) is 1.98. The van der Waals surface area contributed by atoms with Crippen LogP contribution >= 0.6 is 23.2 Å². The molecule has 0 aliphatic rings. The molecule has 1 atom stereocenters. The van der Waals surface area contributed by atoms with Crippen LogP contribution < -0.4 is 5.32 Å². The van der Waals surface area contributed by atoms with E-state index in [4.69, 9.17) is 27.7 Å². The van der Waals surface area contributed by atoms with E-state index in [1.165, 1.54) is 0 Å². The summed E-state index contributed by atoms with van der Waals surface area (Å²) in [4.78, 5) is 17.0. The molecule has 0 saturated carbocycles. The Balaban J connectivity index is 1.74. The van der Waals surface area contributed by atoms with Crippen LogP contribution in [0.2, 0.25) is 10.0 Å². The van der Waals surface area contributed by atoms with Crippen molar-refractivity contribution in [2.75, 3.05) is 12.4 Å². The quantitative estimate of drug-likeness (QED) is 0.576. The molecule has 27 heavy (non-hydrogen) atoms. The number of carbonyl (C=O) groups excluding carboxylic acids is 1. The second kappa shape index (κ2) is 9.02. The van der Waals surface area contributed by atoms with E-state index in [1.54, 1.807) is 19.2 Å². The average Bonchev–Trinajstić information content (AvgIpc) is 3.14. The maximum atomic E-state index is 12.6. The topological polar surface area (TPSA) is 68.0 Å². The molecule has 3 aromatic rings. The summed E-state index contributed by atoms with van der Waals surface area (Å²) in [6, 6.07) is 15.2. The number of aromatic nitrogens is 2. The highest BCUT2D eigenvalue weighted by molar-refractivity contribution is 6.30. The molecule has 7 heteroatoms. The molecule has 1 aromatic heterocycles. The summed E-state index contributed by atoms with van der Waals surface area (Å²) < 4.78 is 5.15. The zero-order valence-electron chi connectivity index (χ0n) is 14.8. The molecule has 0 unspecified atom stereocenters.